The van der Waals surface area contributed by atoms with Crippen LogP contribution in [0.3, 0.4) is 0 Å². The van der Waals surface area contributed by atoms with E-state index in [0.29, 0.717) is 17.7 Å². The van der Waals surface area contributed by atoms with Gasteiger partial charge >= 0.3 is 11.9 Å². The largest absolute Gasteiger partial charge is 0.462 e. The molecule has 1 atom stereocenters. The van der Waals surface area contributed by atoms with E-state index < -0.39 is 11.9 Å². The Labute approximate surface area is 273 Å². The molecule has 0 radical (unpaired) electrons. The third-order valence-corrected chi connectivity index (χ3v) is 11.1. The van der Waals surface area contributed by atoms with E-state index in [2.05, 4.69) is 25.1 Å². The van der Waals surface area contributed by atoms with Crippen LogP contribution in [0, 0.1) is 5.92 Å². The third kappa shape index (κ3) is 7.82. The molecular weight excluding hydrogens is 608 g/mol. The van der Waals surface area contributed by atoms with Crippen LogP contribution in [0.2, 0.25) is 5.02 Å². The van der Waals surface area contributed by atoms with Crippen LogP contribution in [-0.2, 0) is 11.2 Å². The Hall–Kier alpha value is -2.93. The van der Waals surface area contributed by atoms with Crippen molar-refractivity contribution in [3.8, 4) is 5.75 Å². The van der Waals surface area contributed by atoms with E-state index in [1.165, 1.54) is 88.5 Å². The van der Waals surface area contributed by atoms with Crippen LogP contribution in [0.15, 0.2) is 54.6 Å². The number of carbonyl (C=O) groups is 2. The molecular formula is C37H41ClO4S2. The second-order valence-corrected chi connectivity index (χ2v) is 14.3. The number of rotatable bonds is 15. The summed E-state index contributed by atoms with van der Waals surface area (Å²) in [6.07, 6.45) is 12.8. The second-order valence-electron chi connectivity index (χ2n) is 11.8. The number of aryl methyl sites for hydroxylation is 1. The molecule has 0 bridgehead atoms. The van der Waals surface area contributed by atoms with Gasteiger partial charge in [-0.1, -0.05) is 102 Å². The second kappa shape index (κ2) is 15.4. The number of ether oxygens (including phenoxy) is 2. The highest BCUT2D eigenvalue weighted by Gasteiger charge is 2.18. The molecule has 0 amide bonds. The van der Waals surface area contributed by atoms with Crippen molar-refractivity contribution in [1.29, 1.82) is 0 Å². The number of unbranched alkanes of at least 4 members (excludes halogenated alkanes) is 7. The van der Waals surface area contributed by atoms with Crippen LogP contribution in [0.4, 0.5) is 0 Å². The molecule has 0 aliphatic heterocycles. The highest BCUT2D eigenvalue weighted by Crippen LogP contribution is 2.44. The van der Waals surface area contributed by atoms with Gasteiger partial charge in [-0.05, 0) is 60.7 Å². The molecule has 2 heterocycles. The molecule has 0 saturated heterocycles. The highest BCUT2D eigenvalue weighted by atomic mass is 35.5. The van der Waals surface area contributed by atoms with Crippen molar-refractivity contribution >= 4 is 75.8 Å². The number of hydrogen-bond acceptors (Lipinski definition) is 6. The number of benzene rings is 3. The van der Waals surface area contributed by atoms with Crippen molar-refractivity contribution in [1.82, 2.24) is 0 Å². The molecule has 232 valence electrons. The van der Waals surface area contributed by atoms with E-state index in [1.807, 2.05) is 43.4 Å². The van der Waals surface area contributed by atoms with Crippen LogP contribution in [-0.4, -0.2) is 18.5 Å². The first kappa shape index (κ1) is 32.5. The minimum atomic E-state index is -0.492. The van der Waals surface area contributed by atoms with Gasteiger partial charge in [0.15, 0.2) is 0 Å². The van der Waals surface area contributed by atoms with E-state index in [4.69, 9.17) is 21.1 Å². The van der Waals surface area contributed by atoms with Gasteiger partial charge in [-0.15, -0.1) is 22.7 Å². The van der Waals surface area contributed by atoms with Crippen molar-refractivity contribution in [2.75, 3.05) is 6.61 Å². The van der Waals surface area contributed by atoms with Crippen molar-refractivity contribution < 1.29 is 19.1 Å². The van der Waals surface area contributed by atoms with Gasteiger partial charge in [0.25, 0.3) is 0 Å². The Kier molecular flexibility index (Phi) is 11.3. The molecule has 5 aromatic rings. The SMILES string of the molecule is CCCCCCCCCCc1ccc2c(c1)sc1c3ccc(C(=O)Oc4ccc(C(=O)OC[C@@H](C)CC)cc4Cl)cc3sc21. The molecule has 0 unspecified atom stereocenters. The first-order valence-electron chi connectivity index (χ1n) is 15.9. The van der Waals surface area contributed by atoms with Crippen molar-refractivity contribution in [3.05, 3.63) is 76.3 Å². The number of halogens is 1. The Balaban J connectivity index is 1.23. The fraction of sp³-hybridized carbons (Fsp3) is 0.405. The van der Waals surface area contributed by atoms with E-state index >= 15 is 0 Å². The fourth-order valence-electron chi connectivity index (χ4n) is 5.33. The van der Waals surface area contributed by atoms with Crippen LogP contribution < -0.4 is 4.74 Å². The molecule has 3 aromatic carbocycles. The minimum absolute atomic E-state index is 0.183. The molecule has 5 rings (SSSR count). The first-order valence-corrected chi connectivity index (χ1v) is 18.0. The lowest BCUT2D eigenvalue weighted by Gasteiger charge is -2.11. The minimum Gasteiger partial charge on any atom is -0.462 e. The molecule has 2 aromatic heterocycles. The van der Waals surface area contributed by atoms with Gasteiger partial charge in [0.2, 0.25) is 0 Å². The molecule has 44 heavy (non-hydrogen) atoms. The average molecular weight is 649 g/mol. The van der Waals surface area contributed by atoms with Crippen molar-refractivity contribution in [2.45, 2.75) is 85.0 Å². The Bertz CT molecular complexity index is 1750. The van der Waals surface area contributed by atoms with E-state index in [1.54, 1.807) is 17.4 Å². The maximum absolute atomic E-state index is 13.1. The zero-order valence-electron chi connectivity index (χ0n) is 25.9. The standard InChI is InChI=1S/C37H41ClO4S2/c1-4-6-7-8-9-10-11-12-13-25-14-17-28-32(20-25)43-35-29-18-15-27(22-33(29)44-34(28)35)37(40)42-31-19-16-26(21-30(31)38)36(39)41-23-24(3)5-2/h14-22,24H,4-13,23H2,1-3H3/t24-/m0/s1. The lowest BCUT2D eigenvalue weighted by Crippen LogP contribution is -2.12. The summed E-state index contributed by atoms with van der Waals surface area (Å²) in [7, 11) is 0. The highest BCUT2D eigenvalue weighted by molar-refractivity contribution is 7.36. The third-order valence-electron chi connectivity index (χ3n) is 8.27. The van der Waals surface area contributed by atoms with Crippen LogP contribution in [0.5, 0.6) is 5.75 Å². The van der Waals surface area contributed by atoms with Crippen molar-refractivity contribution in [3.63, 3.8) is 0 Å². The van der Waals surface area contributed by atoms with E-state index in [-0.39, 0.29) is 16.7 Å². The molecule has 0 spiro atoms. The maximum atomic E-state index is 13.1. The summed E-state index contributed by atoms with van der Waals surface area (Å²) in [5.41, 5.74) is 2.20. The van der Waals surface area contributed by atoms with E-state index in [0.717, 1.165) is 22.9 Å². The number of thiophene rings is 2. The summed E-state index contributed by atoms with van der Waals surface area (Å²) >= 11 is 9.93. The molecule has 0 saturated carbocycles. The van der Waals surface area contributed by atoms with Crippen LogP contribution in [0.1, 0.15) is 105 Å². The lowest BCUT2D eigenvalue weighted by molar-refractivity contribution is 0.0447. The van der Waals surface area contributed by atoms with Gasteiger partial charge in [-0.2, -0.15) is 0 Å². The fourth-order valence-corrected chi connectivity index (χ4v) is 8.31. The Morgan fingerprint density at radius 3 is 2.05 bits per heavy atom. The smallest absolute Gasteiger partial charge is 0.343 e. The molecule has 4 nitrogen and oxygen atoms in total. The summed E-state index contributed by atoms with van der Waals surface area (Å²) in [4.78, 5) is 25.4. The van der Waals surface area contributed by atoms with Crippen LogP contribution in [0.25, 0.3) is 29.6 Å². The molecule has 0 N–H and O–H groups in total. The molecule has 0 aliphatic carbocycles. The Morgan fingerprint density at radius 1 is 0.750 bits per heavy atom. The van der Waals surface area contributed by atoms with E-state index in [9.17, 15) is 9.59 Å². The monoisotopic (exact) mass is 648 g/mol. The van der Waals surface area contributed by atoms with Crippen molar-refractivity contribution in [2.24, 2.45) is 5.92 Å². The number of fused-ring (bicyclic) bond motifs is 5. The quantitative estimate of drug-likeness (QED) is 0.0644. The molecule has 0 aliphatic rings. The molecule has 7 heteroatoms. The summed E-state index contributed by atoms with van der Waals surface area (Å²) < 4.78 is 15.9. The summed E-state index contributed by atoms with van der Waals surface area (Å²) in [5, 5.41) is 2.62. The zero-order chi connectivity index (χ0) is 31.1. The van der Waals surface area contributed by atoms with Gasteiger partial charge in [-0.3, -0.25) is 0 Å². The summed E-state index contributed by atoms with van der Waals surface area (Å²) in [6, 6.07) is 17.2. The normalized spacial score (nSPS) is 12.3. The summed E-state index contributed by atoms with van der Waals surface area (Å²) in [6.45, 7) is 6.69. The first-order chi connectivity index (χ1) is 21.4. The summed E-state index contributed by atoms with van der Waals surface area (Å²) in [5.74, 6) is -0.447. The van der Waals surface area contributed by atoms with Gasteiger partial charge < -0.3 is 9.47 Å². The van der Waals surface area contributed by atoms with Gasteiger partial charge in [0, 0.05) is 20.2 Å². The average Bonchev–Trinajstić information content (AvgIpc) is 3.56. The predicted molar refractivity (Wildman–Crippen MR) is 187 cm³/mol. The van der Waals surface area contributed by atoms with Crippen LogP contribution >= 0.6 is 34.3 Å². The number of esters is 2. The van der Waals surface area contributed by atoms with Gasteiger partial charge in [0.1, 0.15) is 5.75 Å². The topological polar surface area (TPSA) is 52.6 Å². The lowest BCUT2D eigenvalue weighted by atomic mass is 10.0. The van der Waals surface area contributed by atoms with Gasteiger partial charge in [0.05, 0.1) is 32.2 Å². The predicted octanol–water partition coefficient (Wildman–Crippen LogP) is 12.0. The molecule has 0 fully saturated rings. The number of carbonyl (C=O) groups excluding carboxylic acids is 2. The Morgan fingerprint density at radius 2 is 1.36 bits per heavy atom. The van der Waals surface area contributed by atoms with Gasteiger partial charge in [-0.25, -0.2) is 9.59 Å². The number of hydrogen-bond donors (Lipinski definition) is 0. The maximum Gasteiger partial charge on any atom is 0.343 e. The zero-order valence-corrected chi connectivity index (χ0v) is 28.3.